The van der Waals surface area contributed by atoms with Crippen molar-refractivity contribution < 1.29 is 9.18 Å². The minimum absolute atomic E-state index is 0.0639. The summed E-state index contributed by atoms with van der Waals surface area (Å²) in [5.74, 6) is -0.131. The third-order valence-electron chi connectivity index (χ3n) is 5.54. The van der Waals surface area contributed by atoms with Gasteiger partial charge in [-0.15, -0.1) is 11.3 Å². The van der Waals surface area contributed by atoms with Crippen LogP contribution in [0.4, 0.5) is 10.1 Å². The molecule has 2 aromatic rings. The lowest BCUT2D eigenvalue weighted by Gasteiger charge is -2.43. The van der Waals surface area contributed by atoms with Crippen molar-refractivity contribution in [3.05, 3.63) is 46.2 Å². The summed E-state index contributed by atoms with van der Waals surface area (Å²) >= 11 is 1.53. The molecule has 2 aliphatic heterocycles. The molecule has 0 N–H and O–H groups in total. The molecule has 3 heterocycles. The number of carbonyl (C=O) groups is 1. The Morgan fingerprint density at radius 3 is 2.56 bits per heavy atom. The summed E-state index contributed by atoms with van der Waals surface area (Å²) in [4.78, 5) is 23.9. The predicted octanol–water partition coefficient (Wildman–Crippen LogP) is 3.02. The van der Waals surface area contributed by atoms with Crippen molar-refractivity contribution in [3.63, 3.8) is 0 Å². The summed E-state index contributed by atoms with van der Waals surface area (Å²) < 4.78 is 13.1. The number of thiazole rings is 1. The van der Waals surface area contributed by atoms with E-state index in [0.29, 0.717) is 11.7 Å². The van der Waals surface area contributed by atoms with Crippen LogP contribution in [0.2, 0.25) is 0 Å². The molecule has 2 aliphatic rings. The first kappa shape index (κ1) is 18.4. The van der Waals surface area contributed by atoms with Crippen molar-refractivity contribution in [2.24, 2.45) is 0 Å². The van der Waals surface area contributed by atoms with E-state index in [1.54, 1.807) is 0 Å². The number of halogens is 1. The summed E-state index contributed by atoms with van der Waals surface area (Å²) in [6.07, 6.45) is 2.17. The molecule has 1 atom stereocenters. The van der Waals surface area contributed by atoms with Crippen molar-refractivity contribution in [2.45, 2.75) is 25.8 Å². The summed E-state index contributed by atoms with van der Waals surface area (Å²) in [5, 5.41) is 2.80. The lowest BCUT2D eigenvalue weighted by molar-refractivity contribution is 0.0559. The summed E-state index contributed by atoms with van der Waals surface area (Å²) in [7, 11) is 0. The highest BCUT2D eigenvalue weighted by Gasteiger charge is 2.31. The van der Waals surface area contributed by atoms with E-state index < -0.39 is 0 Å². The van der Waals surface area contributed by atoms with E-state index >= 15 is 0 Å². The molecule has 1 aromatic carbocycles. The molecule has 1 aromatic heterocycles. The van der Waals surface area contributed by atoms with Crippen LogP contribution in [0.25, 0.3) is 0 Å². The van der Waals surface area contributed by atoms with Crippen LogP contribution in [0.3, 0.4) is 0 Å². The third kappa shape index (κ3) is 4.14. The predicted molar refractivity (Wildman–Crippen MR) is 106 cm³/mol. The Hall–Kier alpha value is -1.99. The molecule has 0 saturated carbocycles. The van der Waals surface area contributed by atoms with Gasteiger partial charge in [0, 0.05) is 56.4 Å². The number of aryl methyl sites for hydroxylation is 1. The van der Waals surface area contributed by atoms with Crippen LogP contribution in [-0.4, -0.2) is 66.0 Å². The fourth-order valence-corrected chi connectivity index (χ4v) is 4.64. The van der Waals surface area contributed by atoms with Gasteiger partial charge in [0.1, 0.15) is 11.5 Å². The van der Waals surface area contributed by atoms with Gasteiger partial charge in [0.05, 0.1) is 5.01 Å². The topological polar surface area (TPSA) is 39.7 Å². The number of carbonyl (C=O) groups excluding carboxylic acids is 1. The molecule has 1 amide bonds. The van der Waals surface area contributed by atoms with Gasteiger partial charge in [-0.25, -0.2) is 9.37 Å². The Morgan fingerprint density at radius 2 is 1.89 bits per heavy atom. The van der Waals surface area contributed by atoms with E-state index in [4.69, 9.17) is 0 Å². The number of piperazine rings is 1. The van der Waals surface area contributed by atoms with E-state index in [9.17, 15) is 9.18 Å². The number of nitrogens with zero attached hydrogens (tertiary/aromatic N) is 4. The first-order valence-corrected chi connectivity index (χ1v) is 10.4. The highest BCUT2D eigenvalue weighted by atomic mass is 32.1. The van der Waals surface area contributed by atoms with Gasteiger partial charge in [0.2, 0.25) is 0 Å². The number of rotatable bonds is 3. The quantitative estimate of drug-likeness (QED) is 0.810. The van der Waals surface area contributed by atoms with Gasteiger partial charge in [0.25, 0.3) is 5.91 Å². The minimum Gasteiger partial charge on any atom is -0.369 e. The van der Waals surface area contributed by atoms with Crippen LogP contribution in [0.15, 0.2) is 29.6 Å². The molecule has 27 heavy (non-hydrogen) atoms. The summed E-state index contributed by atoms with van der Waals surface area (Å²) in [6, 6.07) is 7.15. The SMILES string of the molecule is Cc1nc(C(=O)N2CCC[C@@H](N3CCN(c4ccc(F)cc4)CC3)C2)cs1. The van der Waals surface area contributed by atoms with Gasteiger partial charge in [-0.3, -0.25) is 9.69 Å². The first-order chi connectivity index (χ1) is 13.1. The summed E-state index contributed by atoms with van der Waals surface area (Å²) in [5.41, 5.74) is 1.66. The third-order valence-corrected chi connectivity index (χ3v) is 6.32. The lowest BCUT2D eigenvalue weighted by Crippen LogP contribution is -2.55. The number of amides is 1. The van der Waals surface area contributed by atoms with Crippen LogP contribution in [0.1, 0.15) is 28.3 Å². The monoisotopic (exact) mass is 388 g/mol. The lowest BCUT2D eigenvalue weighted by atomic mass is 10.0. The average Bonchev–Trinajstić information content (AvgIpc) is 3.14. The van der Waals surface area contributed by atoms with Gasteiger partial charge in [-0.2, -0.15) is 0 Å². The number of aromatic nitrogens is 1. The molecule has 2 saturated heterocycles. The molecular weight excluding hydrogens is 363 g/mol. The summed E-state index contributed by atoms with van der Waals surface area (Å²) in [6.45, 7) is 7.34. The van der Waals surface area contributed by atoms with Gasteiger partial charge < -0.3 is 9.80 Å². The van der Waals surface area contributed by atoms with E-state index in [-0.39, 0.29) is 11.7 Å². The second-order valence-electron chi connectivity index (χ2n) is 7.30. The van der Waals surface area contributed by atoms with Crippen LogP contribution in [0, 0.1) is 12.7 Å². The Bertz CT molecular complexity index is 786. The molecule has 0 unspecified atom stereocenters. The molecule has 4 rings (SSSR count). The zero-order valence-corrected chi connectivity index (χ0v) is 16.4. The second kappa shape index (κ2) is 7.94. The molecule has 7 heteroatoms. The van der Waals surface area contributed by atoms with Crippen molar-refractivity contribution >= 4 is 22.9 Å². The molecule has 0 aliphatic carbocycles. The molecule has 2 fully saturated rings. The van der Waals surface area contributed by atoms with Crippen molar-refractivity contribution in [2.75, 3.05) is 44.2 Å². The molecule has 0 radical (unpaired) electrons. The minimum atomic E-state index is -0.195. The molecular formula is C20H25FN4OS. The van der Waals surface area contributed by atoms with Gasteiger partial charge in [-0.1, -0.05) is 0 Å². The molecule has 144 valence electrons. The highest BCUT2D eigenvalue weighted by Crippen LogP contribution is 2.22. The number of likely N-dealkylation sites (tertiary alicyclic amines) is 1. The Morgan fingerprint density at radius 1 is 1.15 bits per heavy atom. The fraction of sp³-hybridized carbons (Fsp3) is 0.500. The smallest absolute Gasteiger partial charge is 0.273 e. The fourth-order valence-electron chi connectivity index (χ4n) is 4.06. The number of anilines is 1. The van der Waals surface area contributed by atoms with E-state index in [0.717, 1.165) is 62.8 Å². The maximum Gasteiger partial charge on any atom is 0.273 e. The van der Waals surface area contributed by atoms with Crippen molar-refractivity contribution in [1.29, 1.82) is 0 Å². The van der Waals surface area contributed by atoms with E-state index in [1.165, 1.54) is 23.5 Å². The largest absolute Gasteiger partial charge is 0.369 e. The van der Waals surface area contributed by atoms with Crippen LogP contribution in [0.5, 0.6) is 0 Å². The number of benzene rings is 1. The van der Waals surface area contributed by atoms with Gasteiger partial charge >= 0.3 is 0 Å². The van der Waals surface area contributed by atoms with E-state index in [1.807, 2.05) is 29.3 Å². The molecule has 0 bridgehead atoms. The van der Waals surface area contributed by atoms with Crippen LogP contribution < -0.4 is 4.90 Å². The zero-order chi connectivity index (χ0) is 18.8. The normalized spacial score (nSPS) is 21.5. The van der Waals surface area contributed by atoms with Crippen LogP contribution >= 0.6 is 11.3 Å². The second-order valence-corrected chi connectivity index (χ2v) is 8.36. The Labute approximate surface area is 163 Å². The van der Waals surface area contributed by atoms with E-state index in [2.05, 4.69) is 14.8 Å². The standard InChI is InChI=1S/C20H25FN4OS/c1-15-22-19(14-27-15)20(26)25-8-2-3-18(13-25)24-11-9-23(10-12-24)17-6-4-16(21)5-7-17/h4-7,14,18H,2-3,8-13H2,1H3/t18-/m1/s1. The Kier molecular flexibility index (Phi) is 5.41. The number of hydrogen-bond acceptors (Lipinski definition) is 5. The van der Waals surface area contributed by atoms with Gasteiger partial charge in [-0.05, 0) is 44.0 Å². The highest BCUT2D eigenvalue weighted by molar-refractivity contribution is 7.09. The van der Waals surface area contributed by atoms with Crippen LogP contribution in [-0.2, 0) is 0 Å². The number of piperidine rings is 1. The molecule has 0 spiro atoms. The maximum absolute atomic E-state index is 13.1. The van der Waals surface area contributed by atoms with Crippen molar-refractivity contribution in [3.8, 4) is 0 Å². The Balaban J connectivity index is 1.34. The first-order valence-electron chi connectivity index (χ1n) is 9.56. The average molecular weight is 389 g/mol. The number of hydrogen-bond donors (Lipinski definition) is 0. The molecule has 5 nitrogen and oxygen atoms in total. The van der Waals surface area contributed by atoms with Crippen molar-refractivity contribution in [1.82, 2.24) is 14.8 Å². The van der Waals surface area contributed by atoms with Gasteiger partial charge in [0.15, 0.2) is 0 Å². The maximum atomic E-state index is 13.1. The zero-order valence-electron chi connectivity index (χ0n) is 15.6.